The first kappa shape index (κ1) is 34.5. The van der Waals surface area contributed by atoms with Crippen LogP contribution in [0.4, 0.5) is 10.1 Å². The Labute approximate surface area is 275 Å². The number of carbonyl (C=O) groups is 4. The van der Waals surface area contributed by atoms with Crippen molar-refractivity contribution in [2.45, 2.75) is 103 Å². The third-order valence-electron chi connectivity index (χ3n) is 10.2. The lowest BCUT2D eigenvalue weighted by atomic mass is 9.88. The highest BCUT2D eigenvalue weighted by Gasteiger charge is 2.48. The second-order valence-electron chi connectivity index (χ2n) is 13.6. The van der Waals surface area contributed by atoms with Crippen molar-refractivity contribution in [1.82, 2.24) is 30.7 Å². The van der Waals surface area contributed by atoms with Crippen molar-refractivity contribution >= 4 is 29.3 Å². The van der Waals surface area contributed by atoms with Crippen molar-refractivity contribution in [1.29, 1.82) is 0 Å². The van der Waals surface area contributed by atoms with Gasteiger partial charge < -0.3 is 20.9 Å². The van der Waals surface area contributed by atoms with Gasteiger partial charge in [0.15, 0.2) is 5.69 Å². The molecule has 1 saturated heterocycles. The molecule has 12 nitrogen and oxygen atoms in total. The van der Waals surface area contributed by atoms with Gasteiger partial charge in [-0.25, -0.2) is 9.02 Å². The van der Waals surface area contributed by atoms with E-state index in [-0.39, 0.29) is 47.6 Å². The molecule has 1 aromatic carbocycles. The summed E-state index contributed by atoms with van der Waals surface area (Å²) in [5.74, 6) is -2.19. The minimum atomic E-state index is -0.887. The van der Waals surface area contributed by atoms with Gasteiger partial charge in [-0.1, -0.05) is 32.0 Å². The summed E-state index contributed by atoms with van der Waals surface area (Å²) < 4.78 is 20.5. The summed E-state index contributed by atoms with van der Waals surface area (Å²) in [5.41, 5.74) is 0.917. The molecule has 256 valence electrons. The van der Waals surface area contributed by atoms with E-state index in [1.807, 2.05) is 14.0 Å². The second kappa shape index (κ2) is 14.5. The molecule has 2 heterocycles. The molecule has 13 heteroatoms. The highest BCUT2D eigenvalue weighted by atomic mass is 19.1. The second-order valence-corrected chi connectivity index (χ2v) is 13.6. The Morgan fingerprint density at radius 2 is 1.62 bits per heavy atom. The molecule has 3 fully saturated rings. The first-order chi connectivity index (χ1) is 22.4. The number of aryl methyl sites for hydroxylation is 1. The summed E-state index contributed by atoms with van der Waals surface area (Å²) in [6.45, 7) is 10.5. The van der Waals surface area contributed by atoms with E-state index in [1.54, 1.807) is 24.8 Å². The topological polar surface area (TPSA) is 150 Å². The lowest BCUT2D eigenvalue weighted by molar-refractivity contribution is -0.140. The normalized spacial score (nSPS) is 22.0. The van der Waals surface area contributed by atoms with E-state index in [1.165, 1.54) is 12.1 Å². The molecule has 2 aliphatic carbocycles. The van der Waals surface area contributed by atoms with Gasteiger partial charge in [-0.15, -0.1) is 0 Å². The molecule has 1 aliphatic heterocycles. The monoisotopic (exact) mass is 653 g/mol. The smallest absolute Gasteiger partial charge is 0.276 e. The predicted octanol–water partition coefficient (Wildman–Crippen LogP) is 3.49. The van der Waals surface area contributed by atoms with Gasteiger partial charge in [-0.05, 0) is 93.6 Å². The van der Waals surface area contributed by atoms with Crippen LogP contribution in [-0.4, -0.2) is 88.0 Å². The van der Waals surface area contributed by atoms with Crippen LogP contribution in [0.1, 0.15) is 94.4 Å². The molecule has 3 N–H and O–H groups in total. The number of hydrogen-bond acceptors (Lipinski definition) is 8. The van der Waals surface area contributed by atoms with Gasteiger partial charge in [0.05, 0.1) is 5.69 Å². The first-order valence-corrected chi connectivity index (χ1v) is 17.0. The Balaban J connectivity index is 1.34. The largest absolute Gasteiger partial charge is 0.344 e. The Kier molecular flexibility index (Phi) is 10.6. The minimum absolute atomic E-state index is 0.0323. The van der Waals surface area contributed by atoms with Crippen molar-refractivity contribution in [2.75, 3.05) is 25.5 Å². The summed E-state index contributed by atoms with van der Waals surface area (Å²) >= 11 is 0. The first-order valence-electron chi connectivity index (χ1n) is 17.0. The van der Waals surface area contributed by atoms with E-state index in [0.717, 1.165) is 25.7 Å². The molecule has 0 bridgehead atoms. The molecule has 47 heavy (non-hydrogen) atoms. The Morgan fingerprint density at radius 3 is 2.17 bits per heavy atom. The van der Waals surface area contributed by atoms with Crippen molar-refractivity contribution in [3.8, 4) is 0 Å². The number of nitrogens with one attached hydrogen (secondary N) is 3. The van der Waals surface area contributed by atoms with Crippen molar-refractivity contribution < 1.29 is 28.2 Å². The number of likely N-dealkylation sites (N-methyl/N-ethyl adjacent to an activating group) is 1. The van der Waals surface area contributed by atoms with E-state index >= 15 is 4.39 Å². The van der Waals surface area contributed by atoms with Gasteiger partial charge in [0.25, 0.3) is 5.91 Å². The van der Waals surface area contributed by atoms with E-state index in [2.05, 4.69) is 45.0 Å². The average Bonchev–Trinajstić information content (AvgIpc) is 4.01. The van der Waals surface area contributed by atoms with Crippen LogP contribution in [0.2, 0.25) is 0 Å². The van der Waals surface area contributed by atoms with E-state index in [4.69, 9.17) is 4.63 Å². The number of piperazine rings is 1. The maximum atomic E-state index is 15.7. The fraction of sp³-hybridized carbons (Fsp3) is 0.647. The van der Waals surface area contributed by atoms with Gasteiger partial charge in [-0.3, -0.25) is 24.1 Å². The Morgan fingerprint density at radius 1 is 0.979 bits per heavy atom. The zero-order chi connectivity index (χ0) is 34.0. The number of amides is 4. The van der Waals surface area contributed by atoms with Crippen LogP contribution in [-0.2, 0) is 20.8 Å². The highest BCUT2D eigenvalue weighted by molar-refractivity contribution is 6.01. The molecule has 0 spiro atoms. The standard InChI is InChI=1S/C34H48FN7O5/c1-7-25-30(40-47-39-25)32(44)38-31(28(21-9-10-21)22-11-12-22)33(45)36-26-14-13-23(15-24(26)35)20(5)29(37-27(43)8-2)34(46)42-16-18(3)41(6)19(4)17-42/h13-15,18-22,28-29,31H,7-12,16-17H2,1-6H3,(H,36,45)(H,37,43)(H,38,44)/t18-,19+,20-,29+,31-/m0/s1. The van der Waals surface area contributed by atoms with Crippen LogP contribution in [0, 0.1) is 23.6 Å². The molecule has 4 amide bonds. The van der Waals surface area contributed by atoms with Gasteiger partial charge in [0.1, 0.15) is 23.6 Å². The van der Waals surface area contributed by atoms with Gasteiger partial charge in [-0.2, -0.15) is 0 Å². The number of carbonyl (C=O) groups excluding carboxylic acids is 4. The minimum Gasteiger partial charge on any atom is -0.344 e. The van der Waals surface area contributed by atoms with Crippen molar-refractivity contribution in [3.05, 3.63) is 41.0 Å². The van der Waals surface area contributed by atoms with Crippen LogP contribution in [0.25, 0.3) is 0 Å². The third-order valence-corrected chi connectivity index (χ3v) is 10.2. The number of rotatable bonds is 13. The lowest BCUT2D eigenvalue weighted by Gasteiger charge is -2.44. The summed E-state index contributed by atoms with van der Waals surface area (Å²) in [6.07, 6.45) is 4.57. The molecule has 2 saturated carbocycles. The lowest BCUT2D eigenvalue weighted by Crippen LogP contribution is -2.60. The molecule has 0 radical (unpaired) electrons. The summed E-state index contributed by atoms with van der Waals surface area (Å²) in [6, 6.07) is 2.96. The molecular weight excluding hydrogens is 605 g/mol. The fourth-order valence-corrected chi connectivity index (χ4v) is 6.82. The zero-order valence-electron chi connectivity index (χ0n) is 28.2. The van der Waals surface area contributed by atoms with Gasteiger partial charge >= 0.3 is 0 Å². The fourth-order valence-electron chi connectivity index (χ4n) is 6.82. The number of aromatic nitrogens is 2. The van der Waals surface area contributed by atoms with Gasteiger partial charge in [0.2, 0.25) is 17.7 Å². The van der Waals surface area contributed by atoms with Crippen molar-refractivity contribution in [2.24, 2.45) is 17.8 Å². The predicted molar refractivity (Wildman–Crippen MR) is 173 cm³/mol. The van der Waals surface area contributed by atoms with Crippen LogP contribution in [0.3, 0.4) is 0 Å². The van der Waals surface area contributed by atoms with Crippen LogP contribution in [0.15, 0.2) is 22.8 Å². The SMILES string of the molecule is CCC(=O)N[C@@H](C(=O)N1C[C@@H](C)N(C)[C@@H](C)C1)[C@@H](C)c1ccc(NC(=O)[C@@H](NC(=O)c2nonc2CC)C(C2CC2)C2CC2)c(F)c1. The summed E-state index contributed by atoms with van der Waals surface area (Å²) in [7, 11) is 2.03. The molecular formula is C34H48FN7O5. The maximum absolute atomic E-state index is 15.7. The third kappa shape index (κ3) is 7.82. The number of benzene rings is 1. The van der Waals surface area contributed by atoms with Crippen LogP contribution >= 0.6 is 0 Å². The van der Waals surface area contributed by atoms with Gasteiger partial charge in [0, 0.05) is 37.5 Å². The number of halogens is 1. The van der Waals surface area contributed by atoms with Crippen LogP contribution < -0.4 is 16.0 Å². The number of anilines is 1. The molecule has 1 aromatic heterocycles. The van der Waals surface area contributed by atoms with E-state index < -0.39 is 35.6 Å². The quantitative estimate of drug-likeness (QED) is 0.298. The highest BCUT2D eigenvalue weighted by Crippen LogP contribution is 2.51. The Hall–Kier alpha value is -3.87. The zero-order valence-corrected chi connectivity index (χ0v) is 28.2. The molecule has 0 unspecified atom stereocenters. The summed E-state index contributed by atoms with van der Waals surface area (Å²) in [4.78, 5) is 57.4. The van der Waals surface area contributed by atoms with E-state index in [9.17, 15) is 19.2 Å². The van der Waals surface area contributed by atoms with Crippen molar-refractivity contribution in [3.63, 3.8) is 0 Å². The summed E-state index contributed by atoms with van der Waals surface area (Å²) in [5, 5.41) is 16.0. The molecule has 3 aliphatic rings. The molecule has 5 atom stereocenters. The van der Waals surface area contributed by atoms with E-state index in [0.29, 0.717) is 42.6 Å². The number of nitrogens with zero attached hydrogens (tertiary/aromatic N) is 4. The molecule has 2 aromatic rings. The Bertz CT molecular complexity index is 1450. The molecule has 5 rings (SSSR count). The maximum Gasteiger partial charge on any atom is 0.276 e. The number of hydrogen-bond donors (Lipinski definition) is 3. The van der Waals surface area contributed by atoms with Crippen LogP contribution in [0.5, 0.6) is 0 Å². The average molecular weight is 654 g/mol.